The number of nitrogens with one attached hydrogen (secondary N) is 1. The van der Waals surface area contributed by atoms with Crippen LogP contribution in [0.3, 0.4) is 0 Å². The number of pyridine rings is 1. The first-order valence-electron chi connectivity index (χ1n) is 10.6. The number of hydrogen-bond donors (Lipinski definition) is 2. The fourth-order valence-corrected chi connectivity index (χ4v) is 6.27. The van der Waals surface area contributed by atoms with E-state index >= 15 is 0 Å². The lowest BCUT2D eigenvalue weighted by atomic mass is 9.94. The number of rotatable bonds is 4. The van der Waals surface area contributed by atoms with E-state index in [9.17, 15) is 13.2 Å². The van der Waals surface area contributed by atoms with Gasteiger partial charge in [0.25, 0.3) is 0 Å². The zero-order valence-corrected chi connectivity index (χ0v) is 18.2. The van der Waals surface area contributed by atoms with Crippen LogP contribution in [-0.2, 0) is 11.6 Å². The van der Waals surface area contributed by atoms with Crippen LogP contribution < -0.4 is 10.6 Å². The van der Waals surface area contributed by atoms with E-state index in [0.717, 1.165) is 25.7 Å². The lowest BCUT2D eigenvalue weighted by Gasteiger charge is -2.26. The Balaban J connectivity index is 1.30. The third kappa shape index (κ3) is 3.06. The van der Waals surface area contributed by atoms with Crippen molar-refractivity contribution in [3.05, 3.63) is 52.6 Å². The van der Waals surface area contributed by atoms with Gasteiger partial charge < -0.3 is 10.6 Å². The number of aromatic nitrogens is 5. The van der Waals surface area contributed by atoms with E-state index in [1.807, 2.05) is 0 Å². The van der Waals surface area contributed by atoms with E-state index in [4.69, 9.17) is 5.73 Å². The molecule has 0 aromatic carbocycles. The number of anilines is 1. The number of fused-ring (bicyclic) bond motifs is 2. The van der Waals surface area contributed by atoms with Gasteiger partial charge in [0.15, 0.2) is 5.69 Å². The molecule has 3 N–H and O–H groups in total. The molecule has 1 saturated heterocycles. The Morgan fingerprint density at radius 1 is 1.24 bits per heavy atom. The second-order valence-corrected chi connectivity index (χ2v) is 9.38. The average Bonchev–Trinajstić information content (AvgIpc) is 3.18. The standard InChI is InChI=1S/C22H20F3N7S/c23-22(24,25)19-13(2-1-5-27-19)17-18-20(31-30-17)29-16(8-28-18)32-6-3-14-15(9-32)21(14,11-26)12-4-7-33-10-12/h1-2,4-5,7-8,10,14-15H,3,6,9,11,26H2,(H,29,30,31)/t14-,15+,21+/m1/s1. The fourth-order valence-electron chi connectivity index (χ4n) is 5.52. The van der Waals surface area contributed by atoms with Crippen molar-refractivity contribution < 1.29 is 13.2 Å². The summed E-state index contributed by atoms with van der Waals surface area (Å²) in [6.07, 6.45) is -0.849. The Hall–Kier alpha value is -3.05. The van der Waals surface area contributed by atoms with Gasteiger partial charge in [-0.15, -0.1) is 0 Å². The Bertz CT molecular complexity index is 1320. The van der Waals surface area contributed by atoms with Crippen molar-refractivity contribution in [1.29, 1.82) is 0 Å². The molecule has 0 bridgehead atoms. The lowest BCUT2D eigenvalue weighted by molar-refractivity contribution is -0.140. The molecule has 0 unspecified atom stereocenters. The van der Waals surface area contributed by atoms with Crippen LogP contribution in [0, 0.1) is 11.8 Å². The molecule has 3 atom stereocenters. The quantitative estimate of drug-likeness (QED) is 0.469. The molecule has 0 amide bonds. The third-order valence-electron chi connectivity index (χ3n) is 7.14. The van der Waals surface area contributed by atoms with E-state index in [-0.39, 0.29) is 27.8 Å². The van der Waals surface area contributed by atoms with E-state index in [1.54, 1.807) is 17.5 Å². The van der Waals surface area contributed by atoms with Crippen molar-refractivity contribution in [3.63, 3.8) is 0 Å². The number of aromatic amines is 1. The minimum Gasteiger partial charge on any atom is -0.355 e. The molecule has 6 rings (SSSR count). The first-order valence-corrected chi connectivity index (χ1v) is 11.6. The van der Waals surface area contributed by atoms with Crippen molar-refractivity contribution in [3.8, 4) is 11.3 Å². The smallest absolute Gasteiger partial charge is 0.355 e. The van der Waals surface area contributed by atoms with Gasteiger partial charge in [-0.3, -0.25) is 10.1 Å². The lowest BCUT2D eigenvalue weighted by Crippen LogP contribution is -2.32. The van der Waals surface area contributed by atoms with Crippen molar-refractivity contribution in [2.24, 2.45) is 17.6 Å². The molecule has 7 nitrogen and oxygen atoms in total. The summed E-state index contributed by atoms with van der Waals surface area (Å²) in [6, 6.07) is 4.98. The van der Waals surface area contributed by atoms with Gasteiger partial charge in [-0.2, -0.15) is 29.6 Å². The molecule has 1 aliphatic heterocycles. The normalized spacial score (nSPS) is 24.8. The molecule has 4 aromatic rings. The van der Waals surface area contributed by atoms with Gasteiger partial charge in [-0.1, -0.05) is 0 Å². The summed E-state index contributed by atoms with van der Waals surface area (Å²) in [4.78, 5) is 14.8. The maximum Gasteiger partial charge on any atom is 0.434 e. The fraction of sp³-hybridized carbons (Fsp3) is 0.364. The number of nitrogens with two attached hydrogens (primary N) is 1. The van der Waals surface area contributed by atoms with Crippen molar-refractivity contribution in [2.75, 3.05) is 24.5 Å². The van der Waals surface area contributed by atoms with Crippen LogP contribution in [0.2, 0.25) is 0 Å². The summed E-state index contributed by atoms with van der Waals surface area (Å²) in [6.45, 7) is 2.26. The first-order chi connectivity index (χ1) is 15.9. The van der Waals surface area contributed by atoms with Crippen molar-refractivity contribution in [1.82, 2.24) is 25.1 Å². The van der Waals surface area contributed by atoms with Gasteiger partial charge in [-0.05, 0) is 52.8 Å². The van der Waals surface area contributed by atoms with Crippen molar-refractivity contribution in [2.45, 2.75) is 18.0 Å². The highest BCUT2D eigenvalue weighted by atomic mass is 32.1. The predicted molar refractivity (Wildman–Crippen MR) is 119 cm³/mol. The topological polar surface area (TPSA) is 96.6 Å². The average molecular weight is 472 g/mol. The minimum absolute atomic E-state index is 0.0279. The monoisotopic (exact) mass is 471 g/mol. The summed E-state index contributed by atoms with van der Waals surface area (Å²) in [7, 11) is 0. The van der Waals surface area contributed by atoms with E-state index in [0.29, 0.717) is 24.2 Å². The second kappa shape index (κ2) is 7.22. The third-order valence-corrected chi connectivity index (χ3v) is 7.83. The van der Waals surface area contributed by atoms with Crippen LogP contribution in [0.25, 0.3) is 22.4 Å². The molecular weight excluding hydrogens is 451 g/mol. The second-order valence-electron chi connectivity index (χ2n) is 8.60. The Labute approximate surface area is 190 Å². The summed E-state index contributed by atoms with van der Waals surface area (Å²) in [5, 5.41) is 11.1. The Morgan fingerprint density at radius 2 is 2.12 bits per heavy atom. The number of nitrogens with zero attached hydrogens (tertiary/aromatic N) is 5. The SMILES string of the molecule is NC[C@]1(c2ccsc2)[C@@H]2CCN(c3cnc4c(-c5cccnc5C(F)(F)F)[nH]nc4n3)C[C@@H]21. The van der Waals surface area contributed by atoms with Gasteiger partial charge in [-0.25, -0.2) is 9.97 Å². The Morgan fingerprint density at radius 3 is 2.88 bits per heavy atom. The summed E-state index contributed by atoms with van der Waals surface area (Å²) in [5.41, 5.74) is 7.23. The van der Waals surface area contributed by atoms with Gasteiger partial charge in [0.2, 0.25) is 5.65 Å². The molecule has 1 saturated carbocycles. The van der Waals surface area contributed by atoms with E-state index in [1.165, 1.54) is 17.7 Å². The molecular formula is C22H20F3N7S. The zero-order chi connectivity index (χ0) is 22.8. The van der Waals surface area contributed by atoms with Crippen LogP contribution in [0.4, 0.5) is 19.0 Å². The molecule has 4 aromatic heterocycles. The number of alkyl halides is 3. The van der Waals surface area contributed by atoms with Crippen LogP contribution in [0.5, 0.6) is 0 Å². The van der Waals surface area contributed by atoms with E-state index < -0.39 is 11.9 Å². The highest BCUT2D eigenvalue weighted by Gasteiger charge is 2.65. The predicted octanol–water partition coefficient (Wildman–Crippen LogP) is 3.85. The van der Waals surface area contributed by atoms with E-state index in [2.05, 4.69) is 46.9 Å². The molecule has 5 heterocycles. The molecule has 2 aliphatic rings. The molecule has 2 fully saturated rings. The molecule has 1 aliphatic carbocycles. The maximum atomic E-state index is 13.4. The van der Waals surface area contributed by atoms with Crippen LogP contribution >= 0.6 is 11.3 Å². The molecule has 0 radical (unpaired) electrons. The van der Waals surface area contributed by atoms with Gasteiger partial charge in [0.05, 0.1) is 11.9 Å². The number of halogens is 3. The van der Waals surface area contributed by atoms with Crippen LogP contribution in [0.15, 0.2) is 41.4 Å². The van der Waals surface area contributed by atoms with Gasteiger partial charge in [0.1, 0.15) is 11.3 Å². The van der Waals surface area contributed by atoms with Gasteiger partial charge >= 0.3 is 6.18 Å². The number of piperidine rings is 1. The molecule has 11 heteroatoms. The minimum atomic E-state index is -4.59. The maximum absolute atomic E-state index is 13.4. The molecule has 170 valence electrons. The summed E-state index contributed by atoms with van der Waals surface area (Å²) in [5.74, 6) is 1.68. The zero-order valence-electron chi connectivity index (χ0n) is 17.4. The highest BCUT2D eigenvalue weighted by molar-refractivity contribution is 7.08. The summed E-state index contributed by atoms with van der Waals surface area (Å²) < 4.78 is 40.3. The van der Waals surface area contributed by atoms with Crippen molar-refractivity contribution >= 4 is 28.3 Å². The number of thiophene rings is 1. The van der Waals surface area contributed by atoms with Crippen LogP contribution in [-0.4, -0.2) is 44.8 Å². The Kier molecular flexibility index (Phi) is 4.50. The van der Waals surface area contributed by atoms with Crippen LogP contribution in [0.1, 0.15) is 17.7 Å². The largest absolute Gasteiger partial charge is 0.434 e. The van der Waals surface area contributed by atoms with Gasteiger partial charge in [0, 0.05) is 36.8 Å². The summed E-state index contributed by atoms with van der Waals surface area (Å²) >= 11 is 1.69. The highest BCUT2D eigenvalue weighted by Crippen LogP contribution is 2.63. The molecule has 0 spiro atoms. The number of H-pyrrole nitrogens is 1. The molecule has 33 heavy (non-hydrogen) atoms. The number of hydrogen-bond acceptors (Lipinski definition) is 7. The first kappa shape index (κ1) is 20.5.